The fourth-order valence-corrected chi connectivity index (χ4v) is 0.924. The first-order valence-electron chi connectivity index (χ1n) is 4.45. The number of aliphatic carboxylic acids is 2. The van der Waals surface area contributed by atoms with Crippen LogP contribution in [0.2, 0.25) is 0 Å². The monoisotopic (exact) mass is 219 g/mol. The molecule has 0 aliphatic carbocycles. The molecule has 0 aromatic heterocycles. The highest BCUT2D eigenvalue weighted by molar-refractivity contribution is 5.86. The van der Waals surface area contributed by atoms with Gasteiger partial charge in [-0.3, -0.25) is 9.18 Å². The molecule has 0 heterocycles. The second-order valence-corrected chi connectivity index (χ2v) is 3.01. The average molecular weight is 219 g/mol. The van der Waals surface area contributed by atoms with Gasteiger partial charge in [0.05, 0.1) is 6.67 Å². The van der Waals surface area contributed by atoms with Crippen molar-refractivity contribution < 1.29 is 24.2 Å². The molecule has 1 atom stereocenters. The van der Waals surface area contributed by atoms with E-state index in [0.29, 0.717) is 0 Å². The molecule has 5 nitrogen and oxygen atoms in total. The van der Waals surface area contributed by atoms with Crippen LogP contribution < -0.4 is 5.73 Å². The zero-order valence-electron chi connectivity index (χ0n) is 8.15. The summed E-state index contributed by atoms with van der Waals surface area (Å²) >= 11 is 0. The molecule has 0 aliphatic heterocycles. The summed E-state index contributed by atoms with van der Waals surface area (Å²) in [6.45, 7) is -0.602. The van der Waals surface area contributed by atoms with Crippen LogP contribution >= 0.6 is 0 Å². The summed E-state index contributed by atoms with van der Waals surface area (Å²) in [4.78, 5) is 20.9. The van der Waals surface area contributed by atoms with E-state index in [0.717, 1.165) is 0 Å². The molecule has 0 bridgehead atoms. The van der Waals surface area contributed by atoms with Crippen molar-refractivity contribution >= 4 is 11.9 Å². The van der Waals surface area contributed by atoms with E-state index in [1.54, 1.807) is 0 Å². The van der Waals surface area contributed by atoms with E-state index >= 15 is 0 Å². The topological polar surface area (TPSA) is 101 Å². The number of hydrogen-bond acceptors (Lipinski definition) is 3. The lowest BCUT2D eigenvalue weighted by atomic mass is 10.1. The summed E-state index contributed by atoms with van der Waals surface area (Å²) in [6, 6.07) is -1.12. The van der Waals surface area contributed by atoms with E-state index in [1.165, 1.54) is 6.08 Å². The fraction of sp³-hybridized carbons (Fsp3) is 0.556. The van der Waals surface area contributed by atoms with Crippen LogP contribution in [-0.4, -0.2) is 34.9 Å². The van der Waals surface area contributed by atoms with E-state index in [2.05, 4.69) is 0 Å². The van der Waals surface area contributed by atoms with Crippen LogP contribution in [0.1, 0.15) is 19.3 Å². The summed E-state index contributed by atoms with van der Waals surface area (Å²) < 4.78 is 11.8. The normalized spacial score (nSPS) is 13.6. The minimum Gasteiger partial charge on any atom is -0.480 e. The van der Waals surface area contributed by atoms with Gasteiger partial charge in [0.2, 0.25) is 0 Å². The Morgan fingerprint density at radius 1 is 1.40 bits per heavy atom. The van der Waals surface area contributed by atoms with E-state index in [1.807, 2.05) is 0 Å². The highest BCUT2D eigenvalue weighted by Gasteiger charge is 2.12. The Morgan fingerprint density at radius 2 is 2.00 bits per heavy atom. The molecule has 0 aromatic carbocycles. The van der Waals surface area contributed by atoms with Crippen LogP contribution in [0.5, 0.6) is 0 Å². The van der Waals surface area contributed by atoms with Crippen LogP contribution in [0.4, 0.5) is 4.39 Å². The van der Waals surface area contributed by atoms with Crippen molar-refractivity contribution in [3.63, 3.8) is 0 Å². The van der Waals surface area contributed by atoms with Gasteiger partial charge in [-0.05, 0) is 19.3 Å². The van der Waals surface area contributed by atoms with Crippen molar-refractivity contribution in [2.24, 2.45) is 5.73 Å². The molecule has 0 saturated heterocycles. The van der Waals surface area contributed by atoms with Crippen LogP contribution in [0.3, 0.4) is 0 Å². The van der Waals surface area contributed by atoms with E-state index in [4.69, 9.17) is 15.9 Å². The van der Waals surface area contributed by atoms with Gasteiger partial charge in [0.15, 0.2) is 0 Å². The summed E-state index contributed by atoms with van der Waals surface area (Å²) in [5.74, 6) is -2.36. The van der Waals surface area contributed by atoms with Gasteiger partial charge in [-0.1, -0.05) is 6.08 Å². The predicted octanol–water partition coefficient (Wildman–Crippen LogP) is 0.549. The molecule has 0 aromatic rings. The molecular weight excluding hydrogens is 205 g/mol. The lowest BCUT2D eigenvalue weighted by Gasteiger charge is -2.04. The Balaban J connectivity index is 4.29. The average Bonchev–Trinajstić information content (AvgIpc) is 2.16. The SMILES string of the molecule is NC(CC=C(CCCF)C(=O)O)C(=O)O. The minimum atomic E-state index is -1.19. The van der Waals surface area contributed by atoms with Gasteiger partial charge in [-0.15, -0.1) is 0 Å². The van der Waals surface area contributed by atoms with Gasteiger partial charge in [0, 0.05) is 5.57 Å². The van der Waals surface area contributed by atoms with Crippen molar-refractivity contribution in [3.8, 4) is 0 Å². The summed E-state index contributed by atoms with van der Waals surface area (Å²) in [5.41, 5.74) is 5.19. The van der Waals surface area contributed by atoms with Crippen molar-refractivity contribution in [1.82, 2.24) is 0 Å². The molecule has 0 saturated carbocycles. The maximum absolute atomic E-state index is 11.8. The Morgan fingerprint density at radius 3 is 2.40 bits per heavy atom. The third kappa shape index (κ3) is 5.79. The number of alkyl halides is 1. The van der Waals surface area contributed by atoms with Gasteiger partial charge in [-0.25, -0.2) is 4.79 Å². The maximum atomic E-state index is 11.8. The van der Waals surface area contributed by atoms with Crippen molar-refractivity contribution in [1.29, 1.82) is 0 Å². The Kier molecular flexibility index (Phi) is 6.28. The predicted molar refractivity (Wildman–Crippen MR) is 51.2 cm³/mol. The van der Waals surface area contributed by atoms with E-state index in [9.17, 15) is 14.0 Å². The summed E-state index contributed by atoms with van der Waals surface area (Å²) in [6.07, 6.45) is 1.36. The van der Waals surface area contributed by atoms with E-state index < -0.39 is 24.7 Å². The molecule has 6 heteroatoms. The standard InChI is InChI=1S/C9H14FNO4/c10-5-1-2-6(8(12)13)3-4-7(11)9(14)15/h3,7H,1-2,4-5,11H2,(H,12,13)(H,14,15). The van der Waals surface area contributed by atoms with Gasteiger partial charge in [0.25, 0.3) is 0 Å². The molecular formula is C9H14FNO4. The van der Waals surface area contributed by atoms with Gasteiger partial charge < -0.3 is 15.9 Å². The molecule has 0 spiro atoms. The molecule has 4 N–H and O–H groups in total. The van der Waals surface area contributed by atoms with Crippen LogP contribution in [-0.2, 0) is 9.59 Å². The number of carboxylic acids is 2. The lowest BCUT2D eigenvalue weighted by Crippen LogP contribution is -2.29. The van der Waals surface area contributed by atoms with Crippen LogP contribution in [0.25, 0.3) is 0 Å². The number of carboxylic acid groups (broad SMARTS) is 2. The number of carbonyl (C=O) groups is 2. The maximum Gasteiger partial charge on any atom is 0.331 e. The first-order valence-corrected chi connectivity index (χ1v) is 4.45. The molecule has 0 fully saturated rings. The lowest BCUT2D eigenvalue weighted by molar-refractivity contribution is -0.138. The van der Waals surface area contributed by atoms with Gasteiger partial charge in [-0.2, -0.15) is 0 Å². The molecule has 15 heavy (non-hydrogen) atoms. The second-order valence-electron chi connectivity index (χ2n) is 3.01. The van der Waals surface area contributed by atoms with E-state index in [-0.39, 0.29) is 24.8 Å². The highest BCUT2D eigenvalue weighted by atomic mass is 19.1. The largest absolute Gasteiger partial charge is 0.480 e. The third-order valence-corrected chi connectivity index (χ3v) is 1.79. The molecule has 86 valence electrons. The zero-order chi connectivity index (χ0) is 11.8. The number of hydrogen-bond donors (Lipinski definition) is 3. The quantitative estimate of drug-likeness (QED) is 0.543. The number of halogens is 1. The second kappa shape index (κ2) is 6.94. The molecule has 0 amide bonds. The summed E-state index contributed by atoms with van der Waals surface area (Å²) in [5, 5.41) is 17.1. The van der Waals surface area contributed by atoms with Gasteiger partial charge in [0.1, 0.15) is 6.04 Å². The molecule has 0 radical (unpaired) electrons. The summed E-state index contributed by atoms with van der Waals surface area (Å²) in [7, 11) is 0. The fourth-order valence-electron chi connectivity index (χ4n) is 0.924. The van der Waals surface area contributed by atoms with Crippen molar-refractivity contribution in [2.45, 2.75) is 25.3 Å². The Labute approximate surface area is 86.4 Å². The smallest absolute Gasteiger partial charge is 0.331 e. The van der Waals surface area contributed by atoms with Crippen LogP contribution in [0, 0.1) is 0 Å². The van der Waals surface area contributed by atoms with Gasteiger partial charge >= 0.3 is 11.9 Å². The highest BCUT2D eigenvalue weighted by Crippen LogP contribution is 2.08. The Hall–Kier alpha value is -1.43. The van der Waals surface area contributed by atoms with Crippen molar-refractivity contribution in [2.75, 3.05) is 6.67 Å². The van der Waals surface area contributed by atoms with Crippen LogP contribution in [0.15, 0.2) is 11.6 Å². The first kappa shape index (κ1) is 13.6. The Bertz CT molecular complexity index is 265. The zero-order valence-corrected chi connectivity index (χ0v) is 8.15. The molecule has 1 unspecified atom stereocenters. The first-order chi connectivity index (χ1) is 6.99. The molecule has 0 aliphatic rings. The number of nitrogens with two attached hydrogens (primary N) is 1. The van der Waals surface area contributed by atoms with Crippen molar-refractivity contribution in [3.05, 3.63) is 11.6 Å². The third-order valence-electron chi connectivity index (χ3n) is 1.79. The minimum absolute atomic E-state index is 0.00403. The molecule has 0 rings (SSSR count). The number of rotatable bonds is 7.